The largest absolute Gasteiger partial charge is 0.479 e. The maximum absolute atomic E-state index is 14.1. The molecular formula is C76H139N3O31. The molecule has 0 spiro atoms. The standard InChI is InChI=1S/C76H139N3O31/c1-5-7-9-11-13-15-17-19-20-21-22-23-24-25-27-29-31-33-35-37-49(86)70(98)78-47(59(91)48(85)36-34-32-30-28-26-18-16-14-12-10-8-6-2)45-104-71-64(96)62(94)66(54(43-82)105-71)107-72-65(97)63(95)67(55(44-83)106-72)109-76(74(101)102)39-51(88)58(68(110-76)60(92)52(89)41-80)79-56(90)40-75(73(99)100)38-50(87)57(77-46(3)84)69(108-75)61(93)53(42-81)103-4/h47-55,57-69,71-72,80-83,85-89,91-97H,5-45H2,1-4H3,(H,77,84)(H,78,98)(H,79,90)(H,99,100)(H,101,102)/t47-,48+,49+,50-,51-,52+,53+,54+,55+,57+,58+,59-,60+,61+,62+,63+,64+,65+,66+,67-,68+,69+,71+,72-,75-,76+/m0/s1. The summed E-state index contributed by atoms with van der Waals surface area (Å²) in [6.45, 7) is 0.345. The van der Waals surface area contributed by atoms with Crippen molar-refractivity contribution in [3.05, 3.63) is 0 Å². The number of unbranched alkanes of at least 4 members (excludes halogenated alkanes) is 29. The number of hydrogen-bond acceptors (Lipinski definition) is 29. The molecule has 644 valence electrons. The van der Waals surface area contributed by atoms with Crippen molar-refractivity contribution in [1.82, 2.24) is 16.0 Å². The predicted molar refractivity (Wildman–Crippen MR) is 394 cm³/mol. The minimum absolute atomic E-state index is 0.0998. The van der Waals surface area contributed by atoms with E-state index in [-0.39, 0.29) is 12.8 Å². The predicted octanol–water partition coefficient (Wildman–Crippen LogP) is 0.498. The van der Waals surface area contributed by atoms with E-state index in [0.29, 0.717) is 12.8 Å². The topological polar surface area (TPSA) is 559 Å². The summed E-state index contributed by atoms with van der Waals surface area (Å²) in [5.41, 5.74) is -2.80. The average Bonchev–Trinajstić information content (AvgIpc) is 0.755. The molecule has 0 aliphatic carbocycles. The molecule has 4 aliphatic heterocycles. The van der Waals surface area contributed by atoms with Gasteiger partial charge in [0.15, 0.2) is 18.2 Å². The lowest BCUT2D eigenvalue weighted by Gasteiger charge is -2.51. The van der Waals surface area contributed by atoms with Gasteiger partial charge in [0, 0.05) is 26.9 Å². The van der Waals surface area contributed by atoms with Crippen LogP contribution in [-0.2, 0) is 61.9 Å². The van der Waals surface area contributed by atoms with Crippen LogP contribution in [-0.4, -0.2) is 320 Å². The number of carboxylic acid groups (broad SMARTS) is 2. The van der Waals surface area contributed by atoms with Crippen LogP contribution >= 0.6 is 0 Å². The van der Waals surface area contributed by atoms with Gasteiger partial charge in [-0.15, -0.1) is 0 Å². The molecule has 34 heteroatoms. The second-order valence-corrected chi connectivity index (χ2v) is 30.7. The summed E-state index contributed by atoms with van der Waals surface area (Å²) in [5, 5.41) is 206. The normalized spacial score (nSPS) is 30.8. The number of nitrogens with one attached hydrogen (secondary N) is 3. The van der Waals surface area contributed by atoms with Gasteiger partial charge in [-0.3, -0.25) is 14.4 Å². The van der Waals surface area contributed by atoms with Crippen molar-refractivity contribution < 1.29 is 154 Å². The van der Waals surface area contributed by atoms with Crippen LogP contribution in [0, 0.1) is 0 Å². The number of carbonyl (C=O) groups is 5. The second kappa shape index (κ2) is 52.9. The van der Waals surface area contributed by atoms with Crippen LogP contribution in [0.5, 0.6) is 0 Å². The number of aliphatic carboxylic acids is 2. The Balaban J connectivity index is 1.42. The Hall–Kier alpha value is -3.61. The Morgan fingerprint density at radius 1 is 0.500 bits per heavy atom. The number of hydrogen-bond donors (Lipinski definition) is 21. The number of methoxy groups -OCH3 is 1. The quantitative estimate of drug-likeness (QED) is 0.0369. The highest BCUT2D eigenvalue weighted by molar-refractivity contribution is 5.87. The molecule has 4 saturated heterocycles. The molecule has 0 saturated carbocycles. The average molecular weight is 1590 g/mol. The second-order valence-electron chi connectivity index (χ2n) is 30.7. The van der Waals surface area contributed by atoms with E-state index in [4.69, 9.17) is 37.9 Å². The lowest BCUT2D eigenvalue weighted by atomic mass is 9.81. The number of carbonyl (C=O) groups excluding carboxylic acids is 3. The number of ether oxygens (including phenoxy) is 8. The molecule has 26 atom stereocenters. The number of aliphatic hydroxyl groups is 16. The van der Waals surface area contributed by atoms with Crippen molar-refractivity contribution in [1.29, 1.82) is 0 Å². The lowest BCUT2D eigenvalue weighted by molar-refractivity contribution is -0.385. The van der Waals surface area contributed by atoms with E-state index < -0.39 is 240 Å². The highest BCUT2D eigenvalue weighted by Gasteiger charge is 2.62. The van der Waals surface area contributed by atoms with E-state index in [9.17, 15) is 116 Å². The Morgan fingerprint density at radius 3 is 1.39 bits per heavy atom. The maximum Gasteiger partial charge on any atom is 0.364 e. The highest BCUT2D eigenvalue weighted by atomic mass is 16.8. The van der Waals surface area contributed by atoms with Gasteiger partial charge < -0.3 is 146 Å². The van der Waals surface area contributed by atoms with Crippen LogP contribution in [0.1, 0.15) is 252 Å². The monoisotopic (exact) mass is 1590 g/mol. The molecule has 4 heterocycles. The summed E-state index contributed by atoms with van der Waals surface area (Å²) < 4.78 is 45.7. The molecular weight excluding hydrogens is 1450 g/mol. The molecule has 0 aromatic rings. The van der Waals surface area contributed by atoms with E-state index in [0.717, 1.165) is 78.2 Å². The molecule has 0 unspecified atom stereocenters. The molecule has 34 nitrogen and oxygen atoms in total. The first-order valence-electron chi connectivity index (χ1n) is 40.6. The number of amides is 3. The minimum Gasteiger partial charge on any atom is -0.479 e. The molecule has 0 radical (unpaired) electrons. The Labute approximate surface area is 647 Å². The lowest BCUT2D eigenvalue weighted by Crippen LogP contribution is -2.71. The van der Waals surface area contributed by atoms with E-state index in [1.165, 1.54) is 122 Å². The Kier molecular flexibility index (Phi) is 47.5. The third-order valence-corrected chi connectivity index (χ3v) is 21.8. The fraction of sp³-hybridized carbons (Fsp3) is 0.934. The van der Waals surface area contributed by atoms with E-state index >= 15 is 0 Å². The van der Waals surface area contributed by atoms with Gasteiger partial charge in [-0.1, -0.05) is 213 Å². The summed E-state index contributed by atoms with van der Waals surface area (Å²) in [7, 11) is 1.07. The smallest absolute Gasteiger partial charge is 0.364 e. The van der Waals surface area contributed by atoms with E-state index in [1.54, 1.807) is 0 Å². The van der Waals surface area contributed by atoms with Gasteiger partial charge in [0.05, 0.1) is 75.9 Å². The third kappa shape index (κ3) is 31.4. The van der Waals surface area contributed by atoms with Crippen molar-refractivity contribution in [3.63, 3.8) is 0 Å². The molecule has 0 aromatic carbocycles. The van der Waals surface area contributed by atoms with Crippen molar-refractivity contribution in [3.8, 4) is 0 Å². The zero-order chi connectivity index (χ0) is 81.5. The Bertz CT molecular complexity index is 2530. The van der Waals surface area contributed by atoms with Crippen molar-refractivity contribution >= 4 is 29.7 Å². The summed E-state index contributed by atoms with van der Waals surface area (Å²) in [5.74, 6) is -10.5. The summed E-state index contributed by atoms with van der Waals surface area (Å²) in [6, 6.07) is -5.09. The number of aliphatic hydroxyl groups excluding tert-OH is 16. The number of carboxylic acids is 2. The molecule has 4 rings (SSSR count). The SMILES string of the molecule is CCCCCCCCCCCCCCCCCCCCC[C@@H](O)C(=O)N[C@@H](CO[C@@H]1O[C@H](CO)[C@@H](O[C@@H]2O[C@H](CO)[C@H](O[C@]3(C(=O)O)C[C@H](O)[C@@H](NC(=O)C[C@]4(C(=O)O)C[C@H](O)[C@@H](NC(C)=O)[C@H]([C@H](O)[C@@H](CO)OC)O4)[C@H]([C@H](O)[C@H](O)CO)O3)[C@H](O)[C@H]2O)[C@H](O)[C@H]1O)[C@H](O)[C@H](O)CCCCCCCCCCCCCC. The zero-order valence-electron chi connectivity index (χ0n) is 65.2. The molecule has 0 bridgehead atoms. The first kappa shape index (κ1) is 98.8. The van der Waals surface area contributed by atoms with Crippen LogP contribution in [0.25, 0.3) is 0 Å². The summed E-state index contributed by atoms with van der Waals surface area (Å²) >= 11 is 0. The summed E-state index contributed by atoms with van der Waals surface area (Å²) in [4.78, 5) is 66.3. The molecule has 0 aromatic heterocycles. The van der Waals surface area contributed by atoms with Crippen molar-refractivity contribution in [2.45, 2.75) is 410 Å². The van der Waals surface area contributed by atoms with Gasteiger partial charge in [-0.2, -0.15) is 0 Å². The van der Waals surface area contributed by atoms with Crippen LogP contribution in [0.4, 0.5) is 0 Å². The van der Waals surface area contributed by atoms with Crippen molar-refractivity contribution in [2.24, 2.45) is 0 Å². The van der Waals surface area contributed by atoms with Gasteiger partial charge in [0.1, 0.15) is 97.7 Å². The van der Waals surface area contributed by atoms with Gasteiger partial charge >= 0.3 is 11.9 Å². The molecule has 4 aliphatic rings. The van der Waals surface area contributed by atoms with Crippen LogP contribution in [0.15, 0.2) is 0 Å². The maximum atomic E-state index is 14.1. The Morgan fingerprint density at radius 2 is 0.936 bits per heavy atom. The number of rotatable bonds is 59. The van der Waals surface area contributed by atoms with Crippen LogP contribution < -0.4 is 16.0 Å². The van der Waals surface area contributed by atoms with Gasteiger partial charge in [0.2, 0.25) is 17.7 Å². The van der Waals surface area contributed by atoms with Gasteiger partial charge in [0.25, 0.3) is 5.79 Å². The first-order valence-corrected chi connectivity index (χ1v) is 40.6. The fourth-order valence-corrected chi connectivity index (χ4v) is 15.1. The van der Waals surface area contributed by atoms with E-state index in [1.807, 2.05) is 0 Å². The van der Waals surface area contributed by atoms with Crippen molar-refractivity contribution in [2.75, 3.05) is 40.1 Å². The summed E-state index contributed by atoms with van der Waals surface area (Å²) in [6.07, 6.45) is -10.6. The van der Waals surface area contributed by atoms with Crippen LogP contribution in [0.2, 0.25) is 0 Å². The third-order valence-electron chi connectivity index (χ3n) is 21.8. The highest BCUT2D eigenvalue weighted by Crippen LogP contribution is 2.40. The fourth-order valence-electron chi connectivity index (χ4n) is 15.1. The van der Waals surface area contributed by atoms with Gasteiger partial charge in [-0.05, 0) is 12.8 Å². The molecule has 4 fully saturated rings. The van der Waals surface area contributed by atoms with Gasteiger partial charge in [-0.25, -0.2) is 9.59 Å². The molecule has 3 amide bonds. The van der Waals surface area contributed by atoms with Crippen LogP contribution in [0.3, 0.4) is 0 Å². The zero-order valence-corrected chi connectivity index (χ0v) is 65.2. The first-order chi connectivity index (χ1) is 52.6. The molecule has 110 heavy (non-hydrogen) atoms. The molecule has 21 N–H and O–H groups in total. The minimum atomic E-state index is -3.34. The van der Waals surface area contributed by atoms with E-state index in [2.05, 4.69) is 29.8 Å².